The molecular weight excluding hydrogens is 715 g/mol. The smallest absolute Gasteiger partial charge is 0.164 e. The van der Waals surface area contributed by atoms with Crippen molar-refractivity contribution in [3.05, 3.63) is 198 Å². The second-order valence-electron chi connectivity index (χ2n) is 15.0. The minimum absolute atomic E-state index is 0.553. The van der Waals surface area contributed by atoms with Gasteiger partial charge in [0.15, 0.2) is 17.5 Å². The lowest BCUT2D eigenvalue weighted by atomic mass is 9.69. The fraction of sp³-hybridized carbons (Fsp3) is 0.0192. The second-order valence-corrected chi connectivity index (χ2v) is 16.1. The molecule has 0 fully saturated rings. The van der Waals surface area contributed by atoms with Gasteiger partial charge in [-0.2, -0.15) is 0 Å². The van der Waals surface area contributed by atoms with Crippen molar-refractivity contribution in [1.82, 2.24) is 15.0 Å². The Bertz CT molecular complexity index is 3370. The average Bonchev–Trinajstić information content (AvgIpc) is 4.00. The standard InChI is InChI=1S/C52H29N3OS/c1-3-13-30(14-4-1)49-53-50(31-15-5-2-6-16-31)55-51(54-49)32-23-25-43-39(27-32)47-44(56-43)26-24-36-37-28-38-35-19-9-12-22-45(35)57-46(38)29-42(37)52(48(36)47)40-20-10-7-17-33(40)34-18-8-11-21-41(34)52/h1-29H. The third kappa shape index (κ3) is 4.18. The summed E-state index contributed by atoms with van der Waals surface area (Å²) < 4.78 is 9.42. The predicted octanol–water partition coefficient (Wildman–Crippen LogP) is 13.5. The highest BCUT2D eigenvalue weighted by molar-refractivity contribution is 7.25. The molecule has 1 spiro atoms. The van der Waals surface area contributed by atoms with E-state index in [0.29, 0.717) is 17.5 Å². The Morgan fingerprint density at radius 3 is 1.68 bits per heavy atom. The van der Waals surface area contributed by atoms with Crippen molar-refractivity contribution in [2.24, 2.45) is 0 Å². The van der Waals surface area contributed by atoms with Crippen LogP contribution in [0.25, 0.3) is 98.5 Å². The van der Waals surface area contributed by atoms with Crippen molar-refractivity contribution < 1.29 is 4.42 Å². The van der Waals surface area contributed by atoms with Gasteiger partial charge in [0.2, 0.25) is 0 Å². The fourth-order valence-corrected chi connectivity index (χ4v) is 10.9. The van der Waals surface area contributed by atoms with Crippen molar-refractivity contribution in [1.29, 1.82) is 0 Å². The van der Waals surface area contributed by atoms with Crippen molar-refractivity contribution >= 4 is 53.4 Å². The molecule has 0 saturated carbocycles. The molecule has 0 saturated heterocycles. The van der Waals surface area contributed by atoms with Crippen LogP contribution in [0.15, 0.2) is 180 Å². The Balaban J connectivity index is 1.13. The van der Waals surface area contributed by atoms with Gasteiger partial charge in [-0.1, -0.05) is 133 Å². The van der Waals surface area contributed by atoms with Gasteiger partial charge in [0.05, 0.1) is 5.41 Å². The Hall–Kier alpha value is -7.21. The summed E-state index contributed by atoms with van der Waals surface area (Å²) >= 11 is 1.88. The van der Waals surface area contributed by atoms with Gasteiger partial charge in [-0.3, -0.25) is 0 Å². The molecule has 3 heterocycles. The third-order valence-electron chi connectivity index (χ3n) is 12.1. The minimum atomic E-state index is -0.553. The van der Waals surface area contributed by atoms with Crippen molar-refractivity contribution in [2.75, 3.05) is 0 Å². The zero-order chi connectivity index (χ0) is 37.2. The van der Waals surface area contributed by atoms with Gasteiger partial charge in [0.25, 0.3) is 0 Å². The van der Waals surface area contributed by atoms with Crippen molar-refractivity contribution in [2.45, 2.75) is 5.41 Å². The van der Waals surface area contributed by atoms with Gasteiger partial charge in [-0.05, 0) is 87.0 Å². The number of hydrogen-bond donors (Lipinski definition) is 0. The highest BCUT2D eigenvalue weighted by Gasteiger charge is 2.53. The predicted molar refractivity (Wildman–Crippen MR) is 233 cm³/mol. The van der Waals surface area contributed by atoms with Gasteiger partial charge in [0.1, 0.15) is 11.2 Å². The van der Waals surface area contributed by atoms with Crippen LogP contribution in [0.4, 0.5) is 0 Å². The first-order valence-corrected chi connectivity index (χ1v) is 20.1. The van der Waals surface area contributed by atoms with Crippen molar-refractivity contribution in [3.63, 3.8) is 0 Å². The van der Waals surface area contributed by atoms with E-state index in [-0.39, 0.29) is 0 Å². The third-order valence-corrected chi connectivity index (χ3v) is 13.3. The second kappa shape index (κ2) is 11.4. The van der Waals surface area contributed by atoms with Crippen LogP contribution in [0.2, 0.25) is 0 Å². The first-order valence-electron chi connectivity index (χ1n) is 19.3. The summed E-state index contributed by atoms with van der Waals surface area (Å²) in [6.45, 7) is 0. The largest absolute Gasteiger partial charge is 0.456 e. The molecule has 2 aliphatic rings. The van der Waals surface area contributed by atoms with E-state index in [9.17, 15) is 0 Å². The van der Waals surface area contributed by atoms with Gasteiger partial charge in [-0.25, -0.2) is 15.0 Å². The van der Waals surface area contributed by atoms with Crippen LogP contribution < -0.4 is 0 Å². The molecule has 5 heteroatoms. The molecule has 13 rings (SSSR count). The molecular formula is C52H29N3OS. The maximum Gasteiger partial charge on any atom is 0.164 e. The number of thiophene rings is 1. The van der Waals surface area contributed by atoms with Crippen LogP contribution in [0.1, 0.15) is 22.3 Å². The number of furan rings is 1. The summed E-state index contributed by atoms with van der Waals surface area (Å²) in [5, 5.41) is 4.77. The van der Waals surface area contributed by atoms with E-state index in [0.717, 1.165) is 38.6 Å². The van der Waals surface area contributed by atoms with E-state index in [4.69, 9.17) is 19.4 Å². The zero-order valence-corrected chi connectivity index (χ0v) is 31.2. The highest BCUT2D eigenvalue weighted by atomic mass is 32.1. The molecule has 2 aliphatic carbocycles. The first kappa shape index (κ1) is 31.0. The molecule has 11 aromatic rings. The lowest BCUT2D eigenvalue weighted by Gasteiger charge is -2.31. The van der Waals surface area contributed by atoms with Crippen LogP contribution >= 0.6 is 11.3 Å². The highest BCUT2D eigenvalue weighted by Crippen LogP contribution is 2.65. The molecule has 4 nitrogen and oxygen atoms in total. The van der Waals surface area contributed by atoms with E-state index in [1.165, 1.54) is 64.7 Å². The quantitative estimate of drug-likeness (QED) is 0.181. The van der Waals surface area contributed by atoms with Gasteiger partial charge in [-0.15, -0.1) is 11.3 Å². The zero-order valence-electron chi connectivity index (χ0n) is 30.4. The Labute approximate surface area is 331 Å². The first-order chi connectivity index (χ1) is 28.2. The molecule has 57 heavy (non-hydrogen) atoms. The maximum atomic E-state index is 6.80. The summed E-state index contributed by atoms with van der Waals surface area (Å²) in [5.74, 6) is 1.89. The fourth-order valence-electron chi connectivity index (χ4n) is 9.79. The van der Waals surface area contributed by atoms with E-state index < -0.39 is 5.41 Å². The lowest BCUT2D eigenvalue weighted by Crippen LogP contribution is -2.26. The van der Waals surface area contributed by atoms with Crippen LogP contribution in [0, 0.1) is 0 Å². The van der Waals surface area contributed by atoms with Crippen LogP contribution in [0.5, 0.6) is 0 Å². The number of hydrogen-bond acceptors (Lipinski definition) is 5. The molecule has 0 radical (unpaired) electrons. The van der Waals surface area contributed by atoms with Crippen LogP contribution in [-0.4, -0.2) is 15.0 Å². The average molecular weight is 744 g/mol. The SMILES string of the molecule is c1ccc(-c2nc(-c3ccccc3)nc(-c3ccc4oc5ccc6c(c5c4c3)C3(c4ccccc4-c4ccccc43)c3cc4sc5ccccc5c4cc3-6)n2)cc1. The summed E-state index contributed by atoms with van der Waals surface area (Å²) in [6.07, 6.45) is 0. The van der Waals surface area contributed by atoms with Crippen molar-refractivity contribution in [3.8, 4) is 56.4 Å². The number of rotatable bonds is 3. The Morgan fingerprint density at radius 2 is 0.982 bits per heavy atom. The minimum Gasteiger partial charge on any atom is -0.456 e. The topological polar surface area (TPSA) is 51.8 Å². The number of nitrogens with zero attached hydrogens (tertiary/aromatic N) is 3. The molecule has 0 unspecified atom stereocenters. The van der Waals surface area contributed by atoms with E-state index >= 15 is 0 Å². The monoisotopic (exact) mass is 743 g/mol. The van der Waals surface area contributed by atoms with Crippen LogP contribution in [0.3, 0.4) is 0 Å². The molecule has 0 aliphatic heterocycles. The van der Waals surface area contributed by atoms with Gasteiger partial charge >= 0.3 is 0 Å². The van der Waals surface area contributed by atoms with E-state index in [1.807, 2.05) is 72.0 Å². The number of benzene rings is 8. The molecule has 0 N–H and O–H groups in total. The van der Waals surface area contributed by atoms with Gasteiger partial charge < -0.3 is 4.42 Å². The summed E-state index contributed by atoms with van der Waals surface area (Å²) in [7, 11) is 0. The maximum absolute atomic E-state index is 6.80. The molecule has 3 aromatic heterocycles. The number of fused-ring (bicyclic) bond motifs is 17. The van der Waals surface area contributed by atoms with E-state index in [2.05, 4.69) is 115 Å². The molecule has 0 amide bonds. The molecule has 264 valence electrons. The van der Waals surface area contributed by atoms with E-state index in [1.54, 1.807) is 0 Å². The molecule has 0 bridgehead atoms. The Kier molecular flexibility index (Phi) is 6.22. The summed E-state index contributed by atoms with van der Waals surface area (Å²) in [6, 6.07) is 62.9. The lowest BCUT2D eigenvalue weighted by molar-refractivity contribution is 0.668. The summed E-state index contributed by atoms with van der Waals surface area (Å²) in [5.41, 5.74) is 14.2. The number of aromatic nitrogens is 3. The molecule has 0 atom stereocenters. The summed E-state index contributed by atoms with van der Waals surface area (Å²) in [4.78, 5) is 15.2. The van der Waals surface area contributed by atoms with Gasteiger partial charge in [0, 0.05) is 47.6 Å². The molecule has 8 aromatic carbocycles. The van der Waals surface area contributed by atoms with Crippen LogP contribution in [-0.2, 0) is 5.41 Å². The normalized spacial score (nSPS) is 13.4. The Morgan fingerprint density at radius 1 is 0.386 bits per heavy atom.